The molecule has 1 N–H and O–H groups in total. The first-order valence-electron chi connectivity index (χ1n) is 6.47. The highest BCUT2D eigenvalue weighted by molar-refractivity contribution is 5.11. The van der Waals surface area contributed by atoms with Crippen LogP contribution in [-0.4, -0.2) is 11.5 Å². The van der Waals surface area contributed by atoms with Gasteiger partial charge in [0.1, 0.15) is 0 Å². The molecule has 0 amide bonds. The van der Waals surface area contributed by atoms with E-state index in [-0.39, 0.29) is 0 Å². The SMILES string of the molecule is Cc1ccc(CNCCC2CCCC2)nc1. The van der Waals surface area contributed by atoms with Gasteiger partial charge in [0.2, 0.25) is 0 Å². The summed E-state index contributed by atoms with van der Waals surface area (Å²) in [4.78, 5) is 4.39. The van der Waals surface area contributed by atoms with Crippen LogP contribution in [0.1, 0.15) is 43.4 Å². The van der Waals surface area contributed by atoms with E-state index >= 15 is 0 Å². The molecule has 1 aromatic heterocycles. The fraction of sp³-hybridized carbons (Fsp3) is 0.643. The zero-order valence-corrected chi connectivity index (χ0v) is 10.2. The number of hydrogen-bond acceptors (Lipinski definition) is 2. The second-order valence-corrected chi connectivity index (χ2v) is 4.94. The molecule has 0 bridgehead atoms. The van der Waals surface area contributed by atoms with Gasteiger partial charge in [0, 0.05) is 12.7 Å². The number of pyridine rings is 1. The second kappa shape index (κ2) is 6.00. The summed E-state index contributed by atoms with van der Waals surface area (Å²) in [5.74, 6) is 0.985. The summed E-state index contributed by atoms with van der Waals surface area (Å²) in [5, 5.41) is 3.49. The fourth-order valence-electron chi connectivity index (χ4n) is 2.42. The van der Waals surface area contributed by atoms with Gasteiger partial charge in [-0.05, 0) is 37.4 Å². The molecule has 2 nitrogen and oxygen atoms in total. The standard InChI is InChI=1S/C14H22N2/c1-12-6-7-14(16-10-12)11-15-9-8-13-4-2-3-5-13/h6-7,10,13,15H,2-5,8-9,11H2,1H3. The molecule has 0 spiro atoms. The van der Waals surface area contributed by atoms with Crippen molar-refractivity contribution in [1.29, 1.82) is 0 Å². The predicted molar refractivity (Wildman–Crippen MR) is 67.3 cm³/mol. The van der Waals surface area contributed by atoms with Gasteiger partial charge >= 0.3 is 0 Å². The number of rotatable bonds is 5. The van der Waals surface area contributed by atoms with E-state index in [4.69, 9.17) is 0 Å². The fourth-order valence-corrected chi connectivity index (χ4v) is 2.42. The second-order valence-electron chi connectivity index (χ2n) is 4.94. The van der Waals surface area contributed by atoms with E-state index in [9.17, 15) is 0 Å². The van der Waals surface area contributed by atoms with Crippen molar-refractivity contribution in [3.05, 3.63) is 29.6 Å². The molecule has 1 aliphatic rings. The summed E-state index contributed by atoms with van der Waals surface area (Å²) in [6, 6.07) is 4.24. The summed E-state index contributed by atoms with van der Waals surface area (Å²) in [5.41, 5.74) is 2.38. The number of nitrogens with zero attached hydrogens (tertiary/aromatic N) is 1. The largest absolute Gasteiger partial charge is 0.311 e. The zero-order chi connectivity index (χ0) is 11.2. The summed E-state index contributed by atoms with van der Waals surface area (Å²) in [6.45, 7) is 4.12. The van der Waals surface area contributed by atoms with E-state index < -0.39 is 0 Å². The molecule has 1 heterocycles. The Hall–Kier alpha value is -0.890. The topological polar surface area (TPSA) is 24.9 Å². The Morgan fingerprint density at radius 3 is 2.81 bits per heavy atom. The van der Waals surface area contributed by atoms with Crippen molar-refractivity contribution in [1.82, 2.24) is 10.3 Å². The van der Waals surface area contributed by atoms with Gasteiger partial charge in [-0.15, -0.1) is 0 Å². The molecule has 0 radical (unpaired) electrons. The van der Waals surface area contributed by atoms with Crippen LogP contribution in [-0.2, 0) is 6.54 Å². The lowest BCUT2D eigenvalue weighted by atomic mass is 10.0. The molecule has 16 heavy (non-hydrogen) atoms. The smallest absolute Gasteiger partial charge is 0.0541 e. The molecule has 1 saturated carbocycles. The van der Waals surface area contributed by atoms with Crippen LogP contribution in [0.4, 0.5) is 0 Å². The van der Waals surface area contributed by atoms with Crippen LogP contribution in [0.25, 0.3) is 0 Å². The quantitative estimate of drug-likeness (QED) is 0.768. The Bertz CT molecular complexity index is 299. The molecular weight excluding hydrogens is 196 g/mol. The van der Waals surface area contributed by atoms with Gasteiger partial charge < -0.3 is 5.32 Å². The van der Waals surface area contributed by atoms with Gasteiger partial charge in [0.25, 0.3) is 0 Å². The van der Waals surface area contributed by atoms with Crippen LogP contribution in [0, 0.1) is 12.8 Å². The maximum atomic E-state index is 4.39. The molecule has 1 aliphatic carbocycles. The van der Waals surface area contributed by atoms with Gasteiger partial charge in [0.15, 0.2) is 0 Å². The summed E-state index contributed by atoms with van der Waals surface area (Å²) in [7, 11) is 0. The maximum absolute atomic E-state index is 4.39. The molecule has 1 fully saturated rings. The highest BCUT2D eigenvalue weighted by Crippen LogP contribution is 2.26. The van der Waals surface area contributed by atoms with Gasteiger partial charge in [-0.1, -0.05) is 31.7 Å². The minimum atomic E-state index is 0.910. The number of aryl methyl sites for hydroxylation is 1. The van der Waals surface area contributed by atoms with Crippen molar-refractivity contribution < 1.29 is 0 Å². The van der Waals surface area contributed by atoms with E-state index in [0.29, 0.717) is 0 Å². The highest BCUT2D eigenvalue weighted by Gasteiger charge is 2.13. The van der Waals surface area contributed by atoms with Crippen molar-refractivity contribution in [2.45, 2.75) is 45.6 Å². The molecule has 0 aliphatic heterocycles. The molecule has 88 valence electrons. The van der Waals surface area contributed by atoms with Crippen molar-refractivity contribution in [2.75, 3.05) is 6.54 Å². The van der Waals surface area contributed by atoms with Crippen molar-refractivity contribution in [2.24, 2.45) is 5.92 Å². The molecule has 0 saturated heterocycles. The number of hydrogen-bond donors (Lipinski definition) is 1. The lowest BCUT2D eigenvalue weighted by Crippen LogP contribution is -2.17. The minimum absolute atomic E-state index is 0.910. The Morgan fingerprint density at radius 1 is 1.31 bits per heavy atom. The first kappa shape index (κ1) is 11.6. The number of aromatic nitrogens is 1. The van der Waals surface area contributed by atoms with E-state index in [2.05, 4.69) is 29.4 Å². The van der Waals surface area contributed by atoms with Crippen LogP contribution < -0.4 is 5.32 Å². The van der Waals surface area contributed by atoms with Crippen molar-refractivity contribution >= 4 is 0 Å². The number of nitrogens with one attached hydrogen (secondary N) is 1. The first-order valence-corrected chi connectivity index (χ1v) is 6.47. The maximum Gasteiger partial charge on any atom is 0.0541 e. The van der Waals surface area contributed by atoms with E-state index in [0.717, 1.165) is 24.7 Å². The highest BCUT2D eigenvalue weighted by atomic mass is 14.9. The molecular formula is C14H22N2. The minimum Gasteiger partial charge on any atom is -0.311 e. The lowest BCUT2D eigenvalue weighted by molar-refractivity contribution is 0.476. The Kier molecular flexibility index (Phi) is 4.34. The molecule has 0 atom stereocenters. The normalized spacial score (nSPS) is 16.8. The van der Waals surface area contributed by atoms with Crippen LogP contribution in [0.3, 0.4) is 0 Å². The lowest BCUT2D eigenvalue weighted by Gasteiger charge is -2.09. The Morgan fingerprint density at radius 2 is 2.12 bits per heavy atom. The third-order valence-corrected chi connectivity index (χ3v) is 3.48. The summed E-state index contributed by atoms with van der Waals surface area (Å²) >= 11 is 0. The molecule has 1 aromatic rings. The van der Waals surface area contributed by atoms with Gasteiger partial charge in [-0.3, -0.25) is 4.98 Å². The van der Waals surface area contributed by atoms with Gasteiger partial charge in [-0.25, -0.2) is 0 Å². The molecule has 2 rings (SSSR count). The summed E-state index contributed by atoms with van der Waals surface area (Å²) in [6.07, 6.45) is 9.07. The van der Waals surface area contributed by atoms with Gasteiger partial charge in [-0.2, -0.15) is 0 Å². The zero-order valence-electron chi connectivity index (χ0n) is 10.2. The van der Waals surface area contributed by atoms with E-state index in [1.807, 2.05) is 6.20 Å². The van der Waals surface area contributed by atoms with Crippen LogP contribution >= 0.6 is 0 Å². The Balaban J connectivity index is 1.62. The molecule has 2 heteroatoms. The molecule has 0 unspecified atom stereocenters. The van der Waals surface area contributed by atoms with Crippen molar-refractivity contribution in [3.63, 3.8) is 0 Å². The third kappa shape index (κ3) is 3.60. The van der Waals surface area contributed by atoms with Crippen molar-refractivity contribution in [3.8, 4) is 0 Å². The van der Waals surface area contributed by atoms with Crippen LogP contribution in [0.2, 0.25) is 0 Å². The third-order valence-electron chi connectivity index (χ3n) is 3.48. The average molecular weight is 218 g/mol. The molecule has 0 aromatic carbocycles. The van der Waals surface area contributed by atoms with E-state index in [1.165, 1.54) is 37.7 Å². The monoisotopic (exact) mass is 218 g/mol. The van der Waals surface area contributed by atoms with Crippen LogP contribution in [0.5, 0.6) is 0 Å². The van der Waals surface area contributed by atoms with E-state index in [1.54, 1.807) is 0 Å². The first-order chi connectivity index (χ1) is 7.84. The van der Waals surface area contributed by atoms with Gasteiger partial charge in [0.05, 0.1) is 5.69 Å². The Labute approximate surface area is 98.5 Å². The summed E-state index contributed by atoms with van der Waals surface area (Å²) < 4.78 is 0. The average Bonchev–Trinajstić information content (AvgIpc) is 2.80. The predicted octanol–water partition coefficient (Wildman–Crippen LogP) is 3.06. The van der Waals surface area contributed by atoms with Crippen LogP contribution in [0.15, 0.2) is 18.3 Å².